The molecule has 1 amide bonds. The molecule has 0 saturated carbocycles. The van der Waals surface area contributed by atoms with Crippen LogP contribution in [0.1, 0.15) is 28.4 Å². The monoisotopic (exact) mass is 407 g/mol. The number of rotatable bonds is 4. The van der Waals surface area contributed by atoms with Gasteiger partial charge < -0.3 is 15.5 Å². The summed E-state index contributed by atoms with van der Waals surface area (Å²) in [6, 6.07) is 17.8. The van der Waals surface area contributed by atoms with Gasteiger partial charge in [-0.2, -0.15) is 0 Å². The molecule has 4 rings (SSSR count). The van der Waals surface area contributed by atoms with Crippen LogP contribution in [0.2, 0.25) is 0 Å². The SMILES string of the molecule is COc1ccc([C@H]2Nn3c(C)ccc3S[C@H]2C(=O)Nc2ccc(C)c(C)c2)cc1. The molecule has 0 spiro atoms. The van der Waals surface area contributed by atoms with E-state index in [1.165, 1.54) is 5.56 Å². The van der Waals surface area contributed by atoms with Gasteiger partial charge in [0.2, 0.25) is 5.91 Å². The average Bonchev–Trinajstić information content (AvgIpc) is 3.10. The number of benzene rings is 2. The van der Waals surface area contributed by atoms with Crippen LogP contribution in [0.25, 0.3) is 0 Å². The van der Waals surface area contributed by atoms with Gasteiger partial charge in [0.15, 0.2) is 0 Å². The number of methoxy groups -OCH3 is 1. The molecule has 2 heterocycles. The highest BCUT2D eigenvalue weighted by atomic mass is 32.2. The van der Waals surface area contributed by atoms with Gasteiger partial charge in [0.1, 0.15) is 11.0 Å². The van der Waals surface area contributed by atoms with E-state index < -0.39 is 0 Å². The molecule has 29 heavy (non-hydrogen) atoms. The van der Waals surface area contributed by atoms with Crippen LogP contribution < -0.4 is 15.5 Å². The van der Waals surface area contributed by atoms with Crippen LogP contribution in [0, 0.1) is 20.8 Å². The predicted octanol–water partition coefficient (Wildman–Crippen LogP) is 4.82. The molecule has 2 aromatic carbocycles. The number of anilines is 1. The van der Waals surface area contributed by atoms with Crippen molar-refractivity contribution in [3.63, 3.8) is 0 Å². The van der Waals surface area contributed by atoms with E-state index in [4.69, 9.17) is 4.74 Å². The lowest BCUT2D eigenvalue weighted by atomic mass is 10.0. The zero-order valence-corrected chi connectivity index (χ0v) is 17.8. The van der Waals surface area contributed by atoms with Crippen molar-refractivity contribution in [2.75, 3.05) is 17.9 Å². The molecular formula is C23H25N3O2S. The molecule has 1 aromatic heterocycles. The van der Waals surface area contributed by atoms with Gasteiger partial charge >= 0.3 is 0 Å². The normalized spacial score (nSPS) is 17.9. The molecule has 0 radical (unpaired) electrons. The van der Waals surface area contributed by atoms with Crippen molar-refractivity contribution in [2.45, 2.75) is 37.1 Å². The zero-order chi connectivity index (χ0) is 20.5. The molecule has 5 nitrogen and oxygen atoms in total. The molecule has 0 aliphatic carbocycles. The third kappa shape index (κ3) is 3.85. The van der Waals surface area contributed by atoms with Gasteiger partial charge in [-0.25, -0.2) is 0 Å². The van der Waals surface area contributed by atoms with E-state index >= 15 is 0 Å². The zero-order valence-electron chi connectivity index (χ0n) is 17.0. The molecule has 1 aliphatic rings. The second kappa shape index (κ2) is 7.87. The van der Waals surface area contributed by atoms with Crippen molar-refractivity contribution in [1.82, 2.24) is 4.68 Å². The number of hydrogen-bond acceptors (Lipinski definition) is 4. The first kappa shape index (κ1) is 19.5. The van der Waals surface area contributed by atoms with E-state index in [1.54, 1.807) is 18.9 Å². The van der Waals surface area contributed by atoms with Crippen molar-refractivity contribution >= 4 is 23.4 Å². The number of carbonyl (C=O) groups excluding carboxylic acids is 1. The van der Waals surface area contributed by atoms with Gasteiger partial charge in [0, 0.05) is 11.4 Å². The number of ether oxygens (including phenoxy) is 1. The van der Waals surface area contributed by atoms with Crippen LogP contribution in [-0.2, 0) is 4.79 Å². The van der Waals surface area contributed by atoms with Crippen molar-refractivity contribution in [2.24, 2.45) is 0 Å². The number of aromatic nitrogens is 1. The average molecular weight is 408 g/mol. The molecule has 3 aromatic rings. The van der Waals surface area contributed by atoms with Crippen LogP contribution in [0.3, 0.4) is 0 Å². The summed E-state index contributed by atoms with van der Waals surface area (Å²) < 4.78 is 7.34. The summed E-state index contributed by atoms with van der Waals surface area (Å²) >= 11 is 1.58. The lowest BCUT2D eigenvalue weighted by molar-refractivity contribution is -0.116. The van der Waals surface area contributed by atoms with E-state index in [-0.39, 0.29) is 17.2 Å². The number of fused-ring (bicyclic) bond motifs is 1. The van der Waals surface area contributed by atoms with Crippen LogP contribution in [0.15, 0.2) is 59.6 Å². The van der Waals surface area contributed by atoms with Crippen molar-refractivity contribution in [3.8, 4) is 5.75 Å². The quantitative estimate of drug-likeness (QED) is 0.651. The predicted molar refractivity (Wildman–Crippen MR) is 118 cm³/mol. The van der Waals surface area contributed by atoms with Crippen LogP contribution >= 0.6 is 11.8 Å². The number of nitrogens with one attached hydrogen (secondary N) is 2. The largest absolute Gasteiger partial charge is 0.497 e. The first-order valence-electron chi connectivity index (χ1n) is 9.60. The summed E-state index contributed by atoms with van der Waals surface area (Å²) in [6.07, 6.45) is 0. The summed E-state index contributed by atoms with van der Waals surface area (Å²) in [4.78, 5) is 13.3. The van der Waals surface area contributed by atoms with Crippen LogP contribution in [-0.4, -0.2) is 22.9 Å². The minimum Gasteiger partial charge on any atom is -0.497 e. The van der Waals surface area contributed by atoms with Crippen LogP contribution in [0.4, 0.5) is 5.69 Å². The Morgan fingerprint density at radius 1 is 1.03 bits per heavy atom. The molecule has 150 valence electrons. The number of hydrogen-bond donors (Lipinski definition) is 2. The summed E-state index contributed by atoms with van der Waals surface area (Å²) in [7, 11) is 1.65. The Kier molecular flexibility index (Phi) is 5.28. The molecule has 2 N–H and O–H groups in total. The maximum atomic E-state index is 13.3. The van der Waals surface area contributed by atoms with Crippen LogP contribution in [0.5, 0.6) is 5.75 Å². The Balaban J connectivity index is 1.65. The standard InChI is InChI=1S/C23H25N3O2S/c1-14-5-9-18(13-15(14)2)24-23(27)22-21(17-7-10-19(28-4)11-8-17)25-26-16(3)6-12-20(26)29-22/h5-13,21-22,25H,1-4H3,(H,24,27)/t21-,22-/m1/s1. The summed E-state index contributed by atoms with van der Waals surface area (Å²) in [5.41, 5.74) is 8.87. The van der Waals surface area contributed by atoms with Crippen molar-refractivity contribution in [3.05, 3.63) is 77.0 Å². The fourth-order valence-electron chi connectivity index (χ4n) is 3.48. The second-order valence-electron chi connectivity index (χ2n) is 7.36. The lowest BCUT2D eigenvalue weighted by Gasteiger charge is -2.34. The summed E-state index contributed by atoms with van der Waals surface area (Å²) in [5.74, 6) is 0.780. The number of aryl methyl sites for hydroxylation is 3. The highest BCUT2D eigenvalue weighted by Crippen LogP contribution is 2.39. The molecule has 6 heteroatoms. The Hall–Kier alpha value is -2.86. The van der Waals surface area contributed by atoms with Gasteiger partial charge in [-0.05, 0) is 73.9 Å². The highest BCUT2D eigenvalue weighted by molar-refractivity contribution is 8.00. The minimum absolute atomic E-state index is 0.0170. The van der Waals surface area contributed by atoms with E-state index in [0.29, 0.717) is 0 Å². The van der Waals surface area contributed by atoms with Gasteiger partial charge in [0.25, 0.3) is 0 Å². The lowest BCUT2D eigenvalue weighted by Crippen LogP contribution is -2.41. The highest BCUT2D eigenvalue weighted by Gasteiger charge is 2.36. The van der Waals surface area contributed by atoms with Gasteiger partial charge in [-0.15, -0.1) is 0 Å². The van der Waals surface area contributed by atoms with Crippen molar-refractivity contribution < 1.29 is 9.53 Å². The molecular weight excluding hydrogens is 382 g/mol. The Bertz CT molecular complexity index is 1040. The molecule has 0 fully saturated rings. The topological polar surface area (TPSA) is 55.3 Å². The van der Waals surface area contributed by atoms with Gasteiger partial charge in [-0.1, -0.05) is 30.0 Å². The summed E-state index contributed by atoms with van der Waals surface area (Å²) in [6.45, 7) is 6.17. The van der Waals surface area contributed by atoms with E-state index in [2.05, 4.69) is 42.3 Å². The molecule has 0 unspecified atom stereocenters. The Morgan fingerprint density at radius 2 is 1.79 bits per heavy atom. The maximum absolute atomic E-state index is 13.3. The van der Waals surface area contributed by atoms with Gasteiger partial charge in [-0.3, -0.25) is 9.47 Å². The number of amides is 1. The molecule has 0 bridgehead atoms. The first-order chi connectivity index (χ1) is 14.0. The number of carbonyl (C=O) groups is 1. The van der Waals surface area contributed by atoms with Gasteiger partial charge in [0.05, 0.1) is 18.2 Å². The molecule has 1 aliphatic heterocycles. The third-order valence-electron chi connectivity index (χ3n) is 5.37. The Morgan fingerprint density at radius 3 is 2.48 bits per heavy atom. The maximum Gasteiger partial charge on any atom is 0.240 e. The fraction of sp³-hybridized carbons (Fsp3) is 0.261. The number of thioether (sulfide) groups is 1. The first-order valence-corrected chi connectivity index (χ1v) is 10.5. The fourth-order valence-corrected chi connectivity index (χ4v) is 4.70. The third-order valence-corrected chi connectivity index (χ3v) is 6.67. The smallest absolute Gasteiger partial charge is 0.240 e. The molecule has 2 atom stereocenters. The van der Waals surface area contributed by atoms with E-state index in [0.717, 1.165) is 33.3 Å². The Labute approximate surface area is 175 Å². The van der Waals surface area contributed by atoms with E-state index in [9.17, 15) is 4.79 Å². The second-order valence-corrected chi connectivity index (χ2v) is 8.52. The summed E-state index contributed by atoms with van der Waals surface area (Å²) in [5, 5.41) is 3.83. The van der Waals surface area contributed by atoms with Crippen molar-refractivity contribution in [1.29, 1.82) is 0 Å². The molecule has 0 saturated heterocycles. The minimum atomic E-state index is -0.313. The number of nitrogens with zero attached hydrogens (tertiary/aromatic N) is 1. The van der Waals surface area contributed by atoms with E-state index in [1.807, 2.05) is 48.5 Å².